The second kappa shape index (κ2) is 7.64. The second-order valence-electron chi connectivity index (χ2n) is 10.0. The molecule has 5 nitrogen and oxygen atoms in total. The van der Waals surface area contributed by atoms with Crippen LogP contribution in [-0.2, 0) is 0 Å². The molecular weight excluding hydrogens is 407 g/mol. The predicted molar refractivity (Wildman–Crippen MR) is 112 cm³/mol. The minimum atomic E-state index is -4.12. The Balaban J connectivity index is 1.67. The highest BCUT2D eigenvalue weighted by molar-refractivity contribution is 6.03. The number of hydrogen-bond donors (Lipinski definition) is 2. The van der Waals surface area contributed by atoms with Crippen molar-refractivity contribution in [3.8, 4) is 0 Å². The standard InChI is InChI=1S/C23H28F3N3O2/c1-22(2)10-14(12-3-5-13(6-4-12)23(24,25)26)15(11-22)17-9-18(30)19-16(29-17)7-8-28-20(19)21(27)31/h7-9,12-15H,3-6,10-11H2,1-2H3,(H2,27,31)(H,29,30)/t12?,13?,14-,15+/m0/s1. The van der Waals surface area contributed by atoms with Gasteiger partial charge in [0, 0.05) is 23.9 Å². The van der Waals surface area contributed by atoms with E-state index in [2.05, 4.69) is 23.8 Å². The molecule has 3 N–H and O–H groups in total. The summed E-state index contributed by atoms with van der Waals surface area (Å²) in [6.45, 7) is 4.35. The number of hydrogen-bond acceptors (Lipinski definition) is 3. The summed E-state index contributed by atoms with van der Waals surface area (Å²) in [7, 11) is 0. The Hall–Kier alpha value is -2.38. The number of aromatic nitrogens is 2. The highest BCUT2D eigenvalue weighted by Gasteiger charge is 2.47. The van der Waals surface area contributed by atoms with Gasteiger partial charge in [0.1, 0.15) is 5.69 Å². The number of primary amides is 1. The third-order valence-corrected chi connectivity index (χ3v) is 7.31. The molecule has 2 heterocycles. The van der Waals surface area contributed by atoms with Crippen molar-refractivity contribution in [2.24, 2.45) is 28.9 Å². The summed E-state index contributed by atoms with van der Waals surface area (Å²) in [5, 5.41) is 0.179. The molecule has 2 aliphatic carbocycles. The van der Waals surface area contributed by atoms with Gasteiger partial charge in [0.15, 0.2) is 5.43 Å². The summed E-state index contributed by atoms with van der Waals surface area (Å²) >= 11 is 0. The Labute approximate surface area is 178 Å². The molecule has 1 amide bonds. The average Bonchev–Trinajstić information content (AvgIpc) is 3.02. The van der Waals surface area contributed by atoms with Crippen molar-refractivity contribution in [2.75, 3.05) is 0 Å². The van der Waals surface area contributed by atoms with Gasteiger partial charge in [-0.25, -0.2) is 0 Å². The lowest BCUT2D eigenvalue weighted by molar-refractivity contribution is -0.185. The number of nitrogens with two attached hydrogens (primary N) is 1. The Morgan fingerprint density at radius 3 is 2.48 bits per heavy atom. The van der Waals surface area contributed by atoms with Gasteiger partial charge in [-0.2, -0.15) is 13.2 Å². The first-order valence-electron chi connectivity index (χ1n) is 10.8. The summed E-state index contributed by atoms with van der Waals surface area (Å²) in [5.74, 6) is -1.47. The number of carbonyl (C=O) groups is 1. The maximum Gasteiger partial charge on any atom is 0.391 e. The highest BCUT2D eigenvalue weighted by Crippen LogP contribution is 2.55. The van der Waals surface area contributed by atoms with Crippen LogP contribution in [0.2, 0.25) is 0 Å². The number of rotatable bonds is 3. The number of fused-ring (bicyclic) bond motifs is 1. The van der Waals surface area contributed by atoms with E-state index < -0.39 is 18.0 Å². The monoisotopic (exact) mass is 435 g/mol. The molecular formula is C23H28F3N3O2. The molecule has 2 aromatic heterocycles. The minimum absolute atomic E-state index is 0.0404. The highest BCUT2D eigenvalue weighted by atomic mass is 19.4. The van der Waals surface area contributed by atoms with Gasteiger partial charge in [0.05, 0.1) is 16.8 Å². The molecule has 168 valence electrons. The first-order chi connectivity index (χ1) is 14.5. The maximum atomic E-state index is 13.1. The van der Waals surface area contributed by atoms with E-state index in [0.717, 1.165) is 18.5 Å². The van der Waals surface area contributed by atoms with E-state index in [1.54, 1.807) is 6.07 Å². The van der Waals surface area contributed by atoms with E-state index in [-0.39, 0.29) is 52.5 Å². The number of aromatic amines is 1. The molecule has 0 spiro atoms. The Morgan fingerprint density at radius 1 is 1.19 bits per heavy atom. The zero-order valence-electron chi connectivity index (χ0n) is 17.8. The van der Waals surface area contributed by atoms with E-state index in [1.807, 2.05) is 0 Å². The van der Waals surface area contributed by atoms with Gasteiger partial charge >= 0.3 is 6.18 Å². The summed E-state index contributed by atoms with van der Waals surface area (Å²) in [5.41, 5.74) is 6.34. The van der Waals surface area contributed by atoms with Gasteiger partial charge in [-0.15, -0.1) is 0 Å². The smallest absolute Gasteiger partial charge is 0.364 e. The van der Waals surface area contributed by atoms with Crippen LogP contribution in [0.5, 0.6) is 0 Å². The number of nitrogens with one attached hydrogen (secondary N) is 1. The van der Waals surface area contributed by atoms with Gasteiger partial charge in [0.2, 0.25) is 0 Å². The van der Waals surface area contributed by atoms with Crippen LogP contribution in [-0.4, -0.2) is 22.1 Å². The summed E-state index contributed by atoms with van der Waals surface area (Å²) in [4.78, 5) is 31.8. The summed E-state index contributed by atoms with van der Waals surface area (Å²) < 4.78 is 39.3. The lowest BCUT2D eigenvalue weighted by atomic mass is 9.71. The van der Waals surface area contributed by atoms with E-state index in [4.69, 9.17) is 5.73 Å². The Bertz CT molecular complexity index is 1050. The second-order valence-corrected chi connectivity index (χ2v) is 10.0. The molecule has 0 bridgehead atoms. The van der Waals surface area contributed by atoms with Crippen molar-refractivity contribution >= 4 is 16.8 Å². The number of pyridine rings is 2. The zero-order valence-corrected chi connectivity index (χ0v) is 17.8. The maximum absolute atomic E-state index is 13.1. The number of nitrogens with zero attached hydrogens (tertiary/aromatic N) is 1. The minimum Gasteiger partial charge on any atom is -0.364 e. The normalized spacial score (nSPS) is 28.7. The van der Waals surface area contributed by atoms with E-state index >= 15 is 0 Å². The van der Waals surface area contributed by atoms with Gasteiger partial charge in [0.25, 0.3) is 5.91 Å². The third-order valence-electron chi connectivity index (χ3n) is 7.31. The number of alkyl halides is 3. The van der Waals surface area contributed by atoms with E-state index in [9.17, 15) is 22.8 Å². The molecule has 0 unspecified atom stereocenters. The van der Waals surface area contributed by atoms with E-state index in [0.29, 0.717) is 18.4 Å². The first-order valence-corrected chi connectivity index (χ1v) is 10.8. The quantitative estimate of drug-likeness (QED) is 0.718. The Morgan fingerprint density at radius 2 is 1.87 bits per heavy atom. The molecule has 0 radical (unpaired) electrons. The van der Waals surface area contributed by atoms with Crippen LogP contribution in [0.4, 0.5) is 13.2 Å². The predicted octanol–water partition coefficient (Wildman–Crippen LogP) is 4.91. The SMILES string of the molecule is CC1(C)C[C@@H](c2cc(=O)c3c(C(N)=O)nccc3[nH]2)[C@H](C2CCC(C(F)(F)F)CC2)C1. The molecule has 0 aromatic carbocycles. The molecule has 0 saturated heterocycles. The molecule has 2 aliphatic rings. The van der Waals surface area contributed by atoms with Crippen LogP contribution in [0.1, 0.15) is 74.5 Å². The van der Waals surface area contributed by atoms with Crippen LogP contribution < -0.4 is 11.2 Å². The molecule has 2 atom stereocenters. The van der Waals surface area contributed by atoms with Crippen molar-refractivity contribution in [2.45, 2.75) is 64.5 Å². The summed E-state index contributed by atoms with van der Waals surface area (Å²) in [6.07, 6.45) is 0.586. The molecule has 2 saturated carbocycles. The molecule has 2 fully saturated rings. The van der Waals surface area contributed by atoms with Crippen molar-refractivity contribution in [3.05, 3.63) is 39.9 Å². The van der Waals surface area contributed by atoms with E-state index in [1.165, 1.54) is 12.3 Å². The number of H-pyrrole nitrogens is 1. The van der Waals surface area contributed by atoms with Crippen LogP contribution in [0.25, 0.3) is 10.9 Å². The molecule has 31 heavy (non-hydrogen) atoms. The van der Waals surface area contributed by atoms with Crippen molar-refractivity contribution in [1.29, 1.82) is 0 Å². The molecule has 2 aromatic rings. The van der Waals surface area contributed by atoms with Crippen LogP contribution >= 0.6 is 0 Å². The number of carbonyl (C=O) groups excluding carboxylic acids is 1. The largest absolute Gasteiger partial charge is 0.391 e. The van der Waals surface area contributed by atoms with Crippen LogP contribution in [0.15, 0.2) is 23.1 Å². The fourth-order valence-electron chi connectivity index (χ4n) is 5.93. The van der Waals surface area contributed by atoms with Gasteiger partial charge < -0.3 is 10.7 Å². The third kappa shape index (κ3) is 4.21. The molecule has 0 aliphatic heterocycles. The lowest BCUT2D eigenvalue weighted by Crippen LogP contribution is -2.31. The Kier molecular flexibility index (Phi) is 5.38. The topological polar surface area (TPSA) is 88.8 Å². The van der Waals surface area contributed by atoms with Crippen molar-refractivity contribution in [3.63, 3.8) is 0 Å². The lowest BCUT2D eigenvalue weighted by Gasteiger charge is -2.35. The van der Waals surface area contributed by atoms with Crippen molar-refractivity contribution in [1.82, 2.24) is 9.97 Å². The van der Waals surface area contributed by atoms with Crippen LogP contribution in [0, 0.1) is 23.2 Å². The van der Waals surface area contributed by atoms with Crippen molar-refractivity contribution < 1.29 is 18.0 Å². The molecule has 4 rings (SSSR count). The summed E-state index contributed by atoms with van der Waals surface area (Å²) in [6, 6.07) is 3.17. The first kappa shape index (κ1) is 21.8. The fourth-order valence-corrected chi connectivity index (χ4v) is 5.93. The van der Waals surface area contributed by atoms with Gasteiger partial charge in [-0.05, 0) is 61.8 Å². The number of halogens is 3. The number of amides is 1. The van der Waals surface area contributed by atoms with Gasteiger partial charge in [-0.1, -0.05) is 13.8 Å². The fraction of sp³-hybridized carbons (Fsp3) is 0.609. The average molecular weight is 435 g/mol. The molecule has 8 heteroatoms. The van der Waals surface area contributed by atoms with Gasteiger partial charge in [-0.3, -0.25) is 14.6 Å². The zero-order chi connectivity index (χ0) is 22.6. The van der Waals surface area contributed by atoms with Crippen LogP contribution in [0.3, 0.4) is 0 Å².